The monoisotopic (exact) mass is 280 g/mol. The highest BCUT2D eigenvalue weighted by molar-refractivity contribution is 5.91. The topological polar surface area (TPSA) is 72.8 Å². The number of hydrogen-bond acceptors (Lipinski definition) is 5. The largest absolute Gasteiger partial charge is 0.456 e. The summed E-state index contributed by atoms with van der Waals surface area (Å²) >= 11 is 0. The van der Waals surface area contributed by atoms with Crippen molar-refractivity contribution in [2.24, 2.45) is 11.8 Å². The van der Waals surface area contributed by atoms with Gasteiger partial charge in [-0.15, -0.1) is 0 Å². The van der Waals surface area contributed by atoms with Crippen LogP contribution in [0, 0.1) is 11.8 Å². The molecule has 2 aliphatic heterocycles. The number of hydrogen-bond donors (Lipinski definition) is 1. The van der Waals surface area contributed by atoms with Crippen LogP contribution in [-0.2, 0) is 19.1 Å². The minimum Gasteiger partial charge on any atom is -0.456 e. The van der Waals surface area contributed by atoms with Crippen LogP contribution in [-0.4, -0.2) is 34.4 Å². The molecule has 5 nitrogen and oxygen atoms in total. The van der Waals surface area contributed by atoms with Gasteiger partial charge in [0.2, 0.25) is 0 Å². The van der Waals surface area contributed by atoms with Gasteiger partial charge >= 0.3 is 11.9 Å². The van der Waals surface area contributed by atoms with Gasteiger partial charge in [0, 0.05) is 24.3 Å². The lowest BCUT2D eigenvalue weighted by Crippen LogP contribution is -2.62. The van der Waals surface area contributed by atoms with E-state index in [0.717, 1.165) is 6.42 Å². The van der Waals surface area contributed by atoms with Gasteiger partial charge in [0.1, 0.15) is 17.3 Å². The van der Waals surface area contributed by atoms with Crippen LogP contribution in [0.2, 0.25) is 0 Å². The summed E-state index contributed by atoms with van der Waals surface area (Å²) in [5.41, 5.74) is -1.94. The first-order chi connectivity index (χ1) is 9.29. The second-order valence-corrected chi connectivity index (χ2v) is 6.45. The lowest BCUT2D eigenvalue weighted by molar-refractivity contribution is -0.219. The van der Waals surface area contributed by atoms with Crippen molar-refractivity contribution in [3.8, 4) is 0 Å². The Morgan fingerprint density at radius 1 is 1.35 bits per heavy atom. The van der Waals surface area contributed by atoms with Gasteiger partial charge in [-0.25, -0.2) is 4.79 Å². The van der Waals surface area contributed by atoms with Gasteiger partial charge in [-0.1, -0.05) is 13.5 Å². The molecule has 3 aliphatic rings. The number of fused-ring (bicyclic) bond motifs is 1. The molecule has 0 aromatic carbocycles. The van der Waals surface area contributed by atoms with E-state index < -0.39 is 23.3 Å². The van der Waals surface area contributed by atoms with Gasteiger partial charge in [-0.2, -0.15) is 0 Å². The molecule has 0 amide bonds. The standard InChI is InChI=1S/C15H20O5/c1-8-4-5-10-9(2)13(17)19-12(10)14(3,18)15(8)7-6-11(16)20-15/h8,10,12,18H,2,4-7H2,1,3H3/t8-,10+,12+,14+,15-/m0/s1. The van der Waals surface area contributed by atoms with E-state index in [0.29, 0.717) is 24.8 Å². The Hall–Kier alpha value is -1.36. The summed E-state index contributed by atoms with van der Waals surface area (Å²) in [6.45, 7) is 7.40. The van der Waals surface area contributed by atoms with E-state index in [1.165, 1.54) is 0 Å². The number of carbonyl (C=O) groups excluding carboxylic acids is 2. The number of ether oxygens (including phenoxy) is 2. The van der Waals surface area contributed by atoms with E-state index in [-0.39, 0.29) is 17.8 Å². The molecule has 0 aromatic rings. The van der Waals surface area contributed by atoms with Gasteiger partial charge in [0.05, 0.1) is 0 Å². The second-order valence-electron chi connectivity index (χ2n) is 6.45. The van der Waals surface area contributed by atoms with Crippen LogP contribution in [0.15, 0.2) is 12.2 Å². The fourth-order valence-corrected chi connectivity index (χ4v) is 4.14. The number of carbonyl (C=O) groups is 2. The zero-order valence-corrected chi connectivity index (χ0v) is 11.8. The van der Waals surface area contributed by atoms with E-state index in [4.69, 9.17) is 9.47 Å². The molecule has 1 saturated carbocycles. The Kier molecular flexibility index (Phi) is 2.77. The first kappa shape index (κ1) is 13.6. The maximum Gasteiger partial charge on any atom is 0.334 e. The number of rotatable bonds is 0. The minimum atomic E-state index is -1.39. The first-order valence-electron chi connectivity index (χ1n) is 7.13. The fraction of sp³-hybridized carbons (Fsp3) is 0.733. The van der Waals surface area contributed by atoms with Crippen molar-refractivity contribution in [1.29, 1.82) is 0 Å². The maximum absolute atomic E-state index is 11.7. The van der Waals surface area contributed by atoms with Crippen molar-refractivity contribution >= 4 is 11.9 Å². The van der Waals surface area contributed by atoms with Crippen molar-refractivity contribution in [3.05, 3.63) is 12.2 Å². The van der Waals surface area contributed by atoms with Crippen molar-refractivity contribution < 1.29 is 24.2 Å². The maximum atomic E-state index is 11.7. The van der Waals surface area contributed by atoms with Crippen molar-refractivity contribution in [2.75, 3.05) is 0 Å². The summed E-state index contributed by atoms with van der Waals surface area (Å²) in [5, 5.41) is 11.1. The quantitative estimate of drug-likeness (QED) is 0.535. The molecular formula is C15H20O5. The van der Waals surface area contributed by atoms with Crippen molar-refractivity contribution in [1.82, 2.24) is 0 Å². The Bertz CT molecular complexity index is 494. The van der Waals surface area contributed by atoms with Crippen LogP contribution in [0.3, 0.4) is 0 Å². The first-order valence-corrected chi connectivity index (χ1v) is 7.13. The average Bonchev–Trinajstić information content (AvgIpc) is 2.89. The Morgan fingerprint density at radius 3 is 2.65 bits per heavy atom. The third-order valence-electron chi connectivity index (χ3n) is 5.42. The van der Waals surface area contributed by atoms with Gasteiger partial charge in [0.25, 0.3) is 0 Å². The summed E-state index contributed by atoms with van der Waals surface area (Å²) in [4.78, 5) is 23.4. The highest BCUT2D eigenvalue weighted by Gasteiger charge is 2.66. The molecule has 5 heteroatoms. The molecule has 0 aromatic heterocycles. The predicted octanol–water partition coefficient (Wildman–Crippen LogP) is 1.34. The molecule has 1 spiro atoms. The van der Waals surface area contributed by atoms with E-state index in [1.807, 2.05) is 6.92 Å². The van der Waals surface area contributed by atoms with Gasteiger partial charge < -0.3 is 14.6 Å². The molecule has 20 heavy (non-hydrogen) atoms. The van der Waals surface area contributed by atoms with E-state index in [1.54, 1.807) is 6.92 Å². The van der Waals surface area contributed by atoms with Crippen molar-refractivity contribution in [3.63, 3.8) is 0 Å². The highest BCUT2D eigenvalue weighted by atomic mass is 16.6. The van der Waals surface area contributed by atoms with Gasteiger partial charge in [-0.3, -0.25) is 4.79 Å². The molecule has 0 unspecified atom stereocenters. The summed E-state index contributed by atoms with van der Waals surface area (Å²) in [7, 11) is 0. The van der Waals surface area contributed by atoms with E-state index in [9.17, 15) is 14.7 Å². The molecule has 0 radical (unpaired) electrons. The summed E-state index contributed by atoms with van der Waals surface area (Å²) in [6.07, 6.45) is 1.56. The summed E-state index contributed by atoms with van der Waals surface area (Å²) < 4.78 is 10.9. The molecule has 1 aliphatic carbocycles. The van der Waals surface area contributed by atoms with Crippen LogP contribution >= 0.6 is 0 Å². The molecule has 110 valence electrons. The third kappa shape index (κ3) is 1.53. The van der Waals surface area contributed by atoms with Crippen LogP contribution in [0.25, 0.3) is 0 Å². The molecule has 2 heterocycles. The molecule has 5 atom stereocenters. The van der Waals surface area contributed by atoms with Crippen LogP contribution in [0.5, 0.6) is 0 Å². The SMILES string of the molecule is C=C1C(=O)O[C@@H]2[C@@H]1CC[C@H](C)[C@@]1(CCC(=O)O1)[C@]2(C)O. The predicted molar refractivity (Wildman–Crippen MR) is 69.6 cm³/mol. The Morgan fingerprint density at radius 2 is 2.05 bits per heavy atom. The summed E-state index contributed by atoms with van der Waals surface area (Å²) in [5.74, 6) is -0.923. The average molecular weight is 280 g/mol. The molecule has 3 fully saturated rings. The lowest BCUT2D eigenvalue weighted by atomic mass is 9.70. The smallest absolute Gasteiger partial charge is 0.334 e. The van der Waals surface area contributed by atoms with Crippen molar-refractivity contribution in [2.45, 2.75) is 56.8 Å². The molecular weight excluding hydrogens is 260 g/mol. The normalized spacial score (nSPS) is 48.0. The third-order valence-corrected chi connectivity index (χ3v) is 5.42. The molecule has 2 saturated heterocycles. The number of aliphatic hydroxyl groups is 1. The summed E-state index contributed by atoms with van der Waals surface area (Å²) in [6, 6.07) is 0. The van der Waals surface area contributed by atoms with E-state index in [2.05, 4.69) is 6.58 Å². The zero-order valence-electron chi connectivity index (χ0n) is 11.8. The fourth-order valence-electron chi connectivity index (χ4n) is 4.14. The number of esters is 2. The molecule has 3 rings (SSSR count). The minimum absolute atomic E-state index is 0.0149. The lowest BCUT2D eigenvalue weighted by Gasteiger charge is -2.46. The van der Waals surface area contributed by atoms with Crippen LogP contribution in [0.4, 0.5) is 0 Å². The second kappa shape index (κ2) is 4.07. The molecule has 1 N–H and O–H groups in total. The van der Waals surface area contributed by atoms with E-state index >= 15 is 0 Å². The Labute approximate surface area is 117 Å². The van der Waals surface area contributed by atoms with Crippen LogP contribution < -0.4 is 0 Å². The van der Waals surface area contributed by atoms with Crippen LogP contribution in [0.1, 0.15) is 39.5 Å². The zero-order chi connectivity index (χ0) is 14.7. The van der Waals surface area contributed by atoms with Gasteiger partial charge in [0.15, 0.2) is 0 Å². The molecule has 0 bridgehead atoms. The van der Waals surface area contributed by atoms with Gasteiger partial charge in [-0.05, 0) is 25.7 Å². The highest BCUT2D eigenvalue weighted by Crippen LogP contribution is 2.53. The Balaban J connectivity index is 2.06.